The topological polar surface area (TPSA) is 44.4 Å². The van der Waals surface area contributed by atoms with Crippen LogP contribution in [0.1, 0.15) is 25.7 Å². The van der Waals surface area contributed by atoms with E-state index in [1.807, 2.05) is 0 Å². The van der Waals surface area contributed by atoms with Gasteiger partial charge in [-0.05, 0) is 39.3 Å². The van der Waals surface area contributed by atoms with Crippen molar-refractivity contribution in [2.24, 2.45) is 5.92 Å². The second kappa shape index (κ2) is 5.64. The lowest BCUT2D eigenvalue weighted by atomic mass is 9.99. The van der Waals surface area contributed by atoms with Crippen LogP contribution in [0.2, 0.25) is 0 Å². The van der Waals surface area contributed by atoms with Crippen molar-refractivity contribution < 1.29 is 4.79 Å². The number of piperidine rings is 1. The van der Waals surface area contributed by atoms with Gasteiger partial charge in [-0.1, -0.05) is 0 Å². The average molecular weight is 225 g/mol. The standard InChI is InChI=1S/C12H23N3O/c1-15(11-4-5-11)8-7-14-12(16)10-3-2-6-13-9-10/h10-11,13H,2-9H2,1H3,(H,14,16)/t10-/m1/s1. The molecule has 4 nitrogen and oxygen atoms in total. The molecule has 1 saturated heterocycles. The molecule has 1 aliphatic heterocycles. The summed E-state index contributed by atoms with van der Waals surface area (Å²) >= 11 is 0. The van der Waals surface area contributed by atoms with Crippen molar-refractivity contribution in [2.75, 3.05) is 33.2 Å². The molecule has 0 bridgehead atoms. The normalized spacial score (nSPS) is 25.8. The van der Waals surface area contributed by atoms with E-state index in [4.69, 9.17) is 0 Å². The van der Waals surface area contributed by atoms with E-state index in [2.05, 4.69) is 22.6 Å². The first-order valence-electron chi connectivity index (χ1n) is 6.46. The number of rotatable bonds is 5. The van der Waals surface area contributed by atoms with Crippen LogP contribution in [-0.2, 0) is 4.79 Å². The molecule has 2 aliphatic rings. The first-order valence-corrected chi connectivity index (χ1v) is 6.46. The average Bonchev–Trinajstić information content (AvgIpc) is 3.14. The molecule has 1 atom stereocenters. The summed E-state index contributed by atoms with van der Waals surface area (Å²) in [7, 11) is 2.14. The number of likely N-dealkylation sites (N-methyl/N-ethyl adjacent to an activating group) is 1. The summed E-state index contributed by atoms with van der Waals surface area (Å²) in [6, 6.07) is 0.785. The molecular weight excluding hydrogens is 202 g/mol. The fraction of sp³-hybridized carbons (Fsp3) is 0.917. The maximum Gasteiger partial charge on any atom is 0.224 e. The highest BCUT2D eigenvalue weighted by Gasteiger charge is 2.26. The molecule has 16 heavy (non-hydrogen) atoms. The maximum atomic E-state index is 11.8. The highest BCUT2D eigenvalue weighted by Crippen LogP contribution is 2.24. The molecule has 4 heteroatoms. The van der Waals surface area contributed by atoms with Crippen LogP contribution >= 0.6 is 0 Å². The molecule has 1 heterocycles. The van der Waals surface area contributed by atoms with Crippen LogP contribution in [0.3, 0.4) is 0 Å². The largest absolute Gasteiger partial charge is 0.355 e. The number of nitrogens with one attached hydrogen (secondary N) is 2. The minimum absolute atomic E-state index is 0.194. The van der Waals surface area contributed by atoms with E-state index in [1.54, 1.807) is 0 Å². The first-order chi connectivity index (χ1) is 7.77. The number of carbonyl (C=O) groups excluding carboxylic acids is 1. The summed E-state index contributed by atoms with van der Waals surface area (Å²) in [5.74, 6) is 0.427. The van der Waals surface area contributed by atoms with Crippen molar-refractivity contribution in [1.29, 1.82) is 0 Å². The van der Waals surface area contributed by atoms with Gasteiger partial charge in [-0.2, -0.15) is 0 Å². The molecular formula is C12H23N3O. The Morgan fingerprint density at radius 3 is 2.88 bits per heavy atom. The lowest BCUT2D eigenvalue weighted by Gasteiger charge is -2.22. The lowest BCUT2D eigenvalue weighted by molar-refractivity contribution is -0.125. The molecule has 0 aromatic heterocycles. The first kappa shape index (κ1) is 11.9. The third-order valence-corrected chi connectivity index (χ3v) is 3.60. The lowest BCUT2D eigenvalue weighted by Crippen LogP contribution is -2.42. The van der Waals surface area contributed by atoms with Crippen molar-refractivity contribution in [3.63, 3.8) is 0 Å². The molecule has 92 valence electrons. The summed E-state index contributed by atoms with van der Waals surface area (Å²) in [6.07, 6.45) is 4.82. The van der Waals surface area contributed by atoms with Crippen molar-refractivity contribution >= 4 is 5.91 Å². The second-order valence-corrected chi connectivity index (χ2v) is 5.05. The van der Waals surface area contributed by atoms with Crippen LogP contribution < -0.4 is 10.6 Å². The zero-order valence-corrected chi connectivity index (χ0v) is 10.2. The van der Waals surface area contributed by atoms with Crippen molar-refractivity contribution in [3.8, 4) is 0 Å². The Morgan fingerprint density at radius 1 is 1.44 bits per heavy atom. The number of nitrogens with zero attached hydrogens (tertiary/aromatic N) is 1. The predicted octanol–water partition coefficient (Wildman–Crippen LogP) is 0.196. The molecule has 1 aliphatic carbocycles. The molecule has 0 spiro atoms. The fourth-order valence-electron chi connectivity index (χ4n) is 2.27. The van der Waals surface area contributed by atoms with Gasteiger partial charge >= 0.3 is 0 Å². The van der Waals surface area contributed by atoms with Crippen LogP contribution in [0.15, 0.2) is 0 Å². The van der Waals surface area contributed by atoms with Gasteiger partial charge in [-0.15, -0.1) is 0 Å². The molecule has 2 rings (SSSR count). The summed E-state index contributed by atoms with van der Waals surface area (Å²) in [4.78, 5) is 14.1. The molecule has 2 fully saturated rings. The highest BCUT2D eigenvalue weighted by molar-refractivity contribution is 5.78. The Labute approximate surface area is 97.8 Å². The Kier molecular flexibility index (Phi) is 4.18. The van der Waals surface area contributed by atoms with Gasteiger partial charge in [0.05, 0.1) is 5.92 Å². The second-order valence-electron chi connectivity index (χ2n) is 5.05. The van der Waals surface area contributed by atoms with Crippen molar-refractivity contribution in [1.82, 2.24) is 15.5 Å². The number of amides is 1. The third kappa shape index (κ3) is 3.46. The quantitative estimate of drug-likeness (QED) is 0.702. The van der Waals surface area contributed by atoms with E-state index >= 15 is 0 Å². The van der Waals surface area contributed by atoms with Crippen LogP contribution in [0.25, 0.3) is 0 Å². The molecule has 2 N–H and O–H groups in total. The van der Waals surface area contributed by atoms with E-state index in [9.17, 15) is 4.79 Å². The van der Waals surface area contributed by atoms with Crippen molar-refractivity contribution in [3.05, 3.63) is 0 Å². The Balaban J connectivity index is 1.59. The van der Waals surface area contributed by atoms with Gasteiger partial charge < -0.3 is 15.5 Å². The van der Waals surface area contributed by atoms with Crippen LogP contribution in [0.5, 0.6) is 0 Å². The maximum absolute atomic E-state index is 11.8. The zero-order valence-electron chi connectivity index (χ0n) is 10.2. The van der Waals surface area contributed by atoms with Gasteiger partial charge in [-0.25, -0.2) is 0 Å². The zero-order chi connectivity index (χ0) is 11.4. The number of carbonyl (C=O) groups is 1. The smallest absolute Gasteiger partial charge is 0.224 e. The minimum Gasteiger partial charge on any atom is -0.355 e. The summed E-state index contributed by atoms with van der Waals surface area (Å²) in [5, 5.41) is 6.32. The molecule has 1 saturated carbocycles. The predicted molar refractivity (Wildman–Crippen MR) is 64.3 cm³/mol. The molecule has 0 aromatic rings. The fourth-order valence-corrected chi connectivity index (χ4v) is 2.27. The number of hydrogen-bond donors (Lipinski definition) is 2. The van der Waals surface area contributed by atoms with E-state index in [0.717, 1.165) is 45.1 Å². The van der Waals surface area contributed by atoms with Gasteiger partial charge in [0.25, 0.3) is 0 Å². The molecule has 0 aromatic carbocycles. The van der Waals surface area contributed by atoms with E-state index in [1.165, 1.54) is 12.8 Å². The summed E-state index contributed by atoms with van der Waals surface area (Å²) in [6.45, 7) is 3.69. The molecule has 1 amide bonds. The molecule has 0 radical (unpaired) electrons. The monoisotopic (exact) mass is 225 g/mol. The number of hydrogen-bond acceptors (Lipinski definition) is 3. The van der Waals surface area contributed by atoms with Gasteiger partial charge in [0.15, 0.2) is 0 Å². The van der Waals surface area contributed by atoms with Crippen LogP contribution in [0, 0.1) is 5.92 Å². The van der Waals surface area contributed by atoms with Gasteiger partial charge in [0, 0.05) is 25.7 Å². The Morgan fingerprint density at radius 2 is 2.25 bits per heavy atom. The summed E-state index contributed by atoms with van der Waals surface area (Å²) < 4.78 is 0. The van der Waals surface area contributed by atoms with Gasteiger partial charge in [-0.3, -0.25) is 4.79 Å². The molecule has 0 unspecified atom stereocenters. The Hall–Kier alpha value is -0.610. The van der Waals surface area contributed by atoms with Crippen LogP contribution in [-0.4, -0.2) is 50.1 Å². The van der Waals surface area contributed by atoms with E-state index < -0.39 is 0 Å². The van der Waals surface area contributed by atoms with E-state index in [0.29, 0.717) is 0 Å². The van der Waals surface area contributed by atoms with Gasteiger partial charge in [0.2, 0.25) is 5.91 Å². The summed E-state index contributed by atoms with van der Waals surface area (Å²) in [5.41, 5.74) is 0. The highest BCUT2D eigenvalue weighted by atomic mass is 16.1. The SMILES string of the molecule is CN(CCNC(=O)[C@@H]1CCCNC1)C1CC1. The Bertz CT molecular complexity index is 234. The van der Waals surface area contributed by atoms with Crippen LogP contribution in [0.4, 0.5) is 0 Å². The van der Waals surface area contributed by atoms with Gasteiger partial charge in [0.1, 0.15) is 0 Å². The minimum atomic E-state index is 0.194. The van der Waals surface area contributed by atoms with Crippen molar-refractivity contribution in [2.45, 2.75) is 31.7 Å². The van der Waals surface area contributed by atoms with E-state index in [-0.39, 0.29) is 11.8 Å². The third-order valence-electron chi connectivity index (χ3n) is 3.60.